The summed E-state index contributed by atoms with van der Waals surface area (Å²) in [7, 11) is 0. The van der Waals surface area contributed by atoms with Crippen LogP contribution in [0.2, 0.25) is 0 Å². The lowest BCUT2D eigenvalue weighted by Crippen LogP contribution is -2.33. The van der Waals surface area contributed by atoms with Gasteiger partial charge in [-0.15, -0.1) is 0 Å². The maximum Gasteiger partial charge on any atom is 0.358 e. The number of benzene rings is 1. The molecule has 0 unspecified atom stereocenters. The maximum atomic E-state index is 11.1. The molecule has 0 aliphatic heterocycles. The lowest BCUT2D eigenvalue weighted by Gasteiger charge is -2.27. The average molecular weight is 285 g/mol. The smallest absolute Gasteiger partial charge is 0.358 e. The summed E-state index contributed by atoms with van der Waals surface area (Å²) < 4.78 is 0. The van der Waals surface area contributed by atoms with E-state index >= 15 is 0 Å². The van der Waals surface area contributed by atoms with Crippen molar-refractivity contribution in [3.8, 4) is 0 Å². The number of hydrogen-bond acceptors (Lipinski definition) is 4. The highest BCUT2D eigenvalue weighted by atomic mass is 16.4. The lowest BCUT2D eigenvalue weighted by atomic mass is 9.95. The van der Waals surface area contributed by atoms with Crippen LogP contribution in [0.25, 0.3) is 0 Å². The average Bonchev–Trinajstić information content (AvgIpc) is 2.46. The summed E-state index contributed by atoms with van der Waals surface area (Å²) in [6, 6.07) is 10.2. The number of anilines is 1. The summed E-state index contributed by atoms with van der Waals surface area (Å²) in [5.74, 6) is -0.771. The van der Waals surface area contributed by atoms with E-state index in [9.17, 15) is 4.79 Å². The Balaban J connectivity index is 2.05. The summed E-state index contributed by atoms with van der Waals surface area (Å²) in [6.45, 7) is 4.05. The predicted octanol–water partition coefficient (Wildman–Crippen LogP) is 3.00. The first kappa shape index (κ1) is 15.0. The second kappa shape index (κ2) is 6.35. The first-order valence-corrected chi connectivity index (χ1v) is 6.84. The highest BCUT2D eigenvalue weighted by Crippen LogP contribution is 2.20. The maximum absolute atomic E-state index is 11.1. The molecule has 0 aliphatic rings. The Hall–Kier alpha value is -2.43. The van der Waals surface area contributed by atoms with Gasteiger partial charge in [-0.05, 0) is 32.3 Å². The Labute approximate surface area is 124 Å². The fourth-order valence-electron chi connectivity index (χ4n) is 2.07. The number of aromatic nitrogens is 2. The standard InChI is InChI=1S/C16H19N3O2/c1-16(2,9-8-12-6-4-3-5-7-12)19-14-13(15(20)21)17-10-11-18-14/h3-7,10-11H,8-9H2,1-2H3,(H,18,19)(H,20,21). The molecule has 5 nitrogen and oxygen atoms in total. The number of nitrogens with zero attached hydrogens (tertiary/aromatic N) is 2. The summed E-state index contributed by atoms with van der Waals surface area (Å²) in [5, 5.41) is 12.3. The van der Waals surface area contributed by atoms with Crippen molar-refractivity contribution in [1.29, 1.82) is 0 Å². The molecule has 1 heterocycles. The van der Waals surface area contributed by atoms with Crippen LogP contribution in [0.4, 0.5) is 5.82 Å². The molecule has 1 aromatic carbocycles. The third kappa shape index (κ3) is 4.27. The molecule has 2 rings (SSSR count). The van der Waals surface area contributed by atoms with Crippen molar-refractivity contribution in [1.82, 2.24) is 9.97 Å². The van der Waals surface area contributed by atoms with E-state index in [1.165, 1.54) is 18.0 Å². The first-order valence-electron chi connectivity index (χ1n) is 6.84. The molecule has 110 valence electrons. The molecule has 2 N–H and O–H groups in total. The van der Waals surface area contributed by atoms with Gasteiger partial charge < -0.3 is 10.4 Å². The van der Waals surface area contributed by atoms with Gasteiger partial charge >= 0.3 is 5.97 Å². The van der Waals surface area contributed by atoms with Crippen molar-refractivity contribution in [2.24, 2.45) is 0 Å². The van der Waals surface area contributed by atoms with E-state index in [0.717, 1.165) is 12.8 Å². The molecule has 0 amide bonds. The number of hydrogen-bond donors (Lipinski definition) is 2. The highest BCUT2D eigenvalue weighted by Gasteiger charge is 2.22. The Kier molecular flexibility index (Phi) is 4.52. The lowest BCUT2D eigenvalue weighted by molar-refractivity contribution is 0.0691. The summed E-state index contributed by atoms with van der Waals surface area (Å²) in [5.41, 5.74) is 0.922. The SMILES string of the molecule is CC(C)(CCc1ccccc1)Nc1nccnc1C(=O)O. The third-order valence-electron chi connectivity index (χ3n) is 3.24. The van der Waals surface area contributed by atoms with Gasteiger partial charge in [-0.3, -0.25) is 0 Å². The van der Waals surface area contributed by atoms with Crippen LogP contribution >= 0.6 is 0 Å². The number of carboxylic acids is 1. The topological polar surface area (TPSA) is 75.1 Å². The summed E-state index contributed by atoms with van der Waals surface area (Å²) in [4.78, 5) is 19.1. The van der Waals surface area contributed by atoms with Crippen LogP contribution in [0.1, 0.15) is 36.3 Å². The zero-order chi connectivity index (χ0) is 15.3. The monoisotopic (exact) mass is 285 g/mol. The number of aryl methyl sites for hydroxylation is 1. The molecule has 1 aromatic heterocycles. The van der Waals surface area contributed by atoms with Gasteiger partial charge in [0.05, 0.1) is 0 Å². The van der Waals surface area contributed by atoms with Gasteiger partial charge in [0.15, 0.2) is 11.5 Å². The molecule has 0 bridgehead atoms. The Morgan fingerprint density at radius 2 is 1.86 bits per heavy atom. The van der Waals surface area contributed by atoms with Crippen molar-refractivity contribution in [2.75, 3.05) is 5.32 Å². The molecule has 21 heavy (non-hydrogen) atoms. The molecule has 0 saturated carbocycles. The molecular formula is C16H19N3O2. The fraction of sp³-hybridized carbons (Fsp3) is 0.312. The van der Waals surface area contributed by atoms with Crippen LogP contribution in [0.15, 0.2) is 42.7 Å². The first-order chi connectivity index (χ1) is 9.98. The van der Waals surface area contributed by atoms with Crippen molar-refractivity contribution in [3.63, 3.8) is 0 Å². The molecular weight excluding hydrogens is 266 g/mol. The minimum absolute atomic E-state index is 0.0507. The molecule has 0 atom stereocenters. The second-order valence-electron chi connectivity index (χ2n) is 5.55. The molecule has 0 aliphatic carbocycles. The minimum atomic E-state index is -1.08. The second-order valence-corrected chi connectivity index (χ2v) is 5.55. The number of aromatic carboxylic acids is 1. The van der Waals surface area contributed by atoms with E-state index in [1.54, 1.807) is 0 Å². The zero-order valence-corrected chi connectivity index (χ0v) is 12.2. The van der Waals surface area contributed by atoms with Crippen molar-refractivity contribution < 1.29 is 9.90 Å². The normalized spacial score (nSPS) is 11.1. The Bertz CT molecular complexity index is 612. The fourth-order valence-corrected chi connectivity index (χ4v) is 2.07. The molecule has 2 aromatic rings. The van der Waals surface area contributed by atoms with Crippen LogP contribution < -0.4 is 5.32 Å². The van der Waals surface area contributed by atoms with Crippen molar-refractivity contribution in [3.05, 3.63) is 54.0 Å². The minimum Gasteiger partial charge on any atom is -0.476 e. The van der Waals surface area contributed by atoms with Gasteiger partial charge in [0.2, 0.25) is 0 Å². The van der Waals surface area contributed by atoms with E-state index in [1.807, 2.05) is 32.0 Å². The largest absolute Gasteiger partial charge is 0.476 e. The van der Waals surface area contributed by atoms with Gasteiger partial charge in [-0.25, -0.2) is 14.8 Å². The van der Waals surface area contributed by atoms with Gasteiger partial charge in [-0.2, -0.15) is 0 Å². The quantitative estimate of drug-likeness (QED) is 0.853. The Morgan fingerprint density at radius 3 is 2.52 bits per heavy atom. The van der Waals surface area contributed by atoms with E-state index in [-0.39, 0.29) is 11.2 Å². The van der Waals surface area contributed by atoms with E-state index < -0.39 is 5.97 Å². The third-order valence-corrected chi connectivity index (χ3v) is 3.24. The molecule has 0 radical (unpaired) electrons. The Morgan fingerprint density at radius 1 is 1.19 bits per heavy atom. The van der Waals surface area contributed by atoms with Crippen molar-refractivity contribution in [2.45, 2.75) is 32.2 Å². The van der Waals surface area contributed by atoms with Crippen LogP contribution in [-0.2, 0) is 6.42 Å². The molecule has 5 heteroatoms. The van der Waals surface area contributed by atoms with E-state index in [0.29, 0.717) is 5.82 Å². The zero-order valence-electron chi connectivity index (χ0n) is 12.2. The van der Waals surface area contributed by atoms with Crippen LogP contribution in [0.5, 0.6) is 0 Å². The predicted molar refractivity (Wildman–Crippen MR) is 81.5 cm³/mol. The number of rotatable bonds is 6. The van der Waals surface area contributed by atoms with Gasteiger partial charge in [-0.1, -0.05) is 30.3 Å². The number of nitrogens with one attached hydrogen (secondary N) is 1. The van der Waals surface area contributed by atoms with E-state index in [4.69, 9.17) is 5.11 Å². The van der Waals surface area contributed by atoms with Gasteiger partial charge in [0, 0.05) is 17.9 Å². The molecule has 0 spiro atoms. The van der Waals surface area contributed by atoms with Crippen LogP contribution in [0, 0.1) is 0 Å². The molecule has 0 saturated heterocycles. The van der Waals surface area contributed by atoms with Gasteiger partial charge in [0.1, 0.15) is 0 Å². The van der Waals surface area contributed by atoms with Crippen LogP contribution in [-0.4, -0.2) is 26.6 Å². The number of carboxylic acid groups (broad SMARTS) is 1. The van der Waals surface area contributed by atoms with E-state index in [2.05, 4.69) is 27.4 Å². The summed E-state index contributed by atoms with van der Waals surface area (Å²) >= 11 is 0. The summed E-state index contributed by atoms with van der Waals surface area (Å²) in [6.07, 6.45) is 4.63. The molecule has 0 fully saturated rings. The number of carbonyl (C=O) groups is 1. The van der Waals surface area contributed by atoms with Gasteiger partial charge in [0.25, 0.3) is 0 Å². The highest BCUT2D eigenvalue weighted by molar-refractivity contribution is 5.90. The van der Waals surface area contributed by atoms with Crippen molar-refractivity contribution >= 4 is 11.8 Å². The van der Waals surface area contributed by atoms with Crippen LogP contribution in [0.3, 0.4) is 0 Å².